The Morgan fingerprint density at radius 3 is 2.63 bits per heavy atom. The molecule has 1 aliphatic rings. The average Bonchev–Trinajstić information content (AvgIpc) is 3.39. The molecule has 1 saturated heterocycles. The number of nitrogens with zero attached hydrogens (tertiary/aromatic N) is 4. The number of aromatic nitrogens is 2. The van der Waals surface area contributed by atoms with Crippen LogP contribution in [0.25, 0.3) is 22.0 Å². The van der Waals surface area contributed by atoms with Gasteiger partial charge in [-0.05, 0) is 66.0 Å². The van der Waals surface area contributed by atoms with Crippen molar-refractivity contribution in [1.82, 2.24) is 14.3 Å². The van der Waals surface area contributed by atoms with Crippen molar-refractivity contribution in [2.75, 3.05) is 19.6 Å². The second-order valence-electron chi connectivity index (χ2n) is 10.6. The minimum absolute atomic E-state index is 0.257. The van der Waals surface area contributed by atoms with Gasteiger partial charge in [0.05, 0.1) is 11.6 Å². The van der Waals surface area contributed by atoms with E-state index < -0.39 is 18.1 Å². The van der Waals surface area contributed by atoms with Crippen molar-refractivity contribution in [3.05, 3.63) is 58.7 Å². The third-order valence-corrected chi connectivity index (χ3v) is 7.79. The molecule has 0 bridgehead atoms. The van der Waals surface area contributed by atoms with E-state index in [0.717, 1.165) is 47.6 Å². The number of esters is 2. The first kappa shape index (κ1) is 30.3. The molecule has 3 aromatic rings. The van der Waals surface area contributed by atoms with Gasteiger partial charge in [0, 0.05) is 36.6 Å². The fourth-order valence-electron chi connectivity index (χ4n) is 5.08. The Balaban J connectivity index is 1.40. The molecule has 1 aromatic heterocycles. The summed E-state index contributed by atoms with van der Waals surface area (Å²) >= 11 is 1.31. The van der Waals surface area contributed by atoms with Crippen LogP contribution in [-0.4, -0.2) is 52.0 Å². The van der Waals surface area contributed by atoms with Crippen LogP contribution < -0.4 is 0 Å². The lowest BCUT2D eigenvalue weighted by molar-refractivity contribution is -0.201. The molecule has 0 saturated carbocycles. The van der Waals surface area contributed by atoms with E-state index in [0.29, 0.717) is 30.3 Å². The van der Waals surface area contributed by atoms with Crippen molar-refractivity contribution in [3.8, 4) is 28.0 Å². The number of alkyl halides is 3. The lowest BCUT2D eigenvalue weighted by Gasteiger charge is -2.40. The molecule has 0 aliphatic carbocycles. The summed E-state index contributed by atoms with van der Waals surface area (Å²) in [5, 5.41) is 10.4. The van der Waals surface area contributed by atoms with Crippen LogP contribution in [-0.2, 0) is 27.2 Å². The van der Waals surface area contributed by atoms with Crippen LogP contribution in [0.15, 0.2) is 36.4 Å². The average molecular weight is 585 g/mol. The summed E-state index contributed by atoms with van der Waals surface area (Å²) in [6.45, 7) is 8.36. The Morgan fingerprint density at radius 1 is 1.22 bits per heavy atom. The highest BCUT2D eigenvalue weighted by molar-refractivity contribution is 7.09. The molecule has 216 valence electrons. The smallest absolute Gasteiger partial charge is 0.386 e. The Hall–Kier alpha value is -3.62. The molecule has 0 atom stereocenters. The molecule has 1 fully saturated rings. The van der Waals surface area contributed by atoms with Crippen LogP contribution in [0.1, 0.15) is 61.8 Å². The van der Waals surface area contributed by atoms with Gasteiger partial charge in [0.2, 0.25) is 0 Å². The van der Waals surface area contributed by atoms with E-state index in [1.165, 1.54) is 22.7 Å². The monoisotopic (exact) mass is 584 g/mol. The summed E-state index contributed by atoms with van der Waals surface area (Å²) < 4.78 is 45.2. The molecule has 0 N–H and O–H groups in total. The number of benzene rings is 2. The maximum absolute atomic E-state index is 12.2. The van der Waals surface area contributed by atoms with Crippen LogP contribution in [0, 0.1) is 17.2 Å². The fourth-order valence-corrected chi connectivity index (χ4v) is 5.75. The zero-order chi connectivity index (χ0) is 29.7. The number of rotatable bonds is 10. The van der Waals surface area contributed by atoms with E-state index in [9.17, 15) is 28.0 Å². The summed E-state index contributed by atoms with van der Waals surface area (Å²) in [5.41, 5.74) is 5.90. The molecule has 2 aromatic carbocycles. The predicted molar refractivity (Wildman–Crippen MR) is 149 cm³/mol. The van der Waals surface area contributed by atoms with Crippen LogP contribution in [0.2, 0.25) is 0 Å². The zero-order valence-electron chi connectivity index (χ0n) is 23.1. The van der Waals surface area contributed by atoms with Crippen molar-refractivity contribution >= 4 is 23.5 Å². The van der Waals surface area contributed by atoms with Gasteiger partial charge in [-0.25, -0.2) is 9.78 Å². The van der Waals surface area contributed by atoms with Gasteiger partial charge < -0.3 is 9.64 Å². The third-order valence-electron chi connectivity index (χ3n) is 7.03. The maximum Gasteiger partial charge on any atom is 0.491 e. The number of hydrogen-bond acceptors (Lipinski definition) is 8. The fraction of sp³-hybridized carbons (Fsp3) is 0.433. The molecule has 1 aliphatic heterocycles. The number of likely N-dealkylation sites (tertiary alicyclic amines) is 1. The van der Waals surface area contributed by atoms with Crippen molar-refractivity contribution in [1.29, 1.82) is 5.26 Å². The van der Waals surface area contributed by atoms with Crippen molar-refractivity contribution < 1.29 is 27.5 Å². The normalized spacial score (nSPS) is 14.1. The van der Waals surface area contributed by atoms with Gasteiger partial charge in [0.15, 0.2) is 5.82 Å². The van der Waals surface area contributed by atoms with Gasteiger partial charge in [-0.1, -0.05) is 51.1 Å². The first-order valence-electron chi connectivity index (χ1n) is 13.5. The SMILES string of the molecule is CCc1c(-c2nsc(-c3ccc(CC(C)C)c(C#N)c3)n2)cccc1C1CN(CCCC(=O)OC(=O)C(F)(F)F)C1. The molecule has 0 radical (unpaired) electrons. The highest BCUT2D eigenvalue weighted by Crippen LogP contribution is 2.36. The standard InChI is InChI=1S/C30H31F3N4O3S/c1-4-23-24(22-16-37(17-22)12-6-9-26(38)40-29(39)30(31,32)33)7-5-8-25(23)27-35-28(41-36-27)20-11-10-19(13-18(2)3)21(14-20)15-34/h5,7-8,10-11,14,18,22H,4,6,9,12-13,16-17H2,1-3H3. The van der Waals surface area contributed by atoms with Crippen molar-refractivity contribution in [2.24, 2.45) is 5.92 Å². The molecule has 0 amide bonds. The molecule has 7 nitrogen and oxygen atoms in total. The Morgan fingerprint density at radius 2 is 1.98 bits per heavy atom. The molecule has 4 rings (SSSR count). The van der Waals surface area contributed by atoms with E-state index in [1.54, 1.807) is 0 Å². The molecule has 2 heterocycles. The number of carbonyl (C=O) groups is 2. The lowest BCUT2D eigenvalue weighted by Crippen LogP contribution is -2.45. The lowest BCUT2D eigenvalue weighted by atomic mass is 9.85. The highest BCUT2D eigenvalue weighted by atomic mass is 32.1. The second-order valence-corrected chi connectivity index (χ2v) is 11.3. The largest absolute Gasteiger partial charge is 0.491 e. The molecule has 0 spiro atoms. The number of hydrogen-bond donors (Lipinski definition) is 0. The zero-order valence-corrected chi connectivity index (χ0v) is 23.9. The highest BCUT2D eigenvalue weighted by Gasteiger charge is 2.42. The minimum Gasteiger partial charge on any atom is -0.386 e. The van der Waals surface area contributed by atoms with Crippen LogP contribution in [0.3, 0.4) is 0 Å². The van der Waals surface area contributed by atoms with E-state index >= 15 is 0 Å². The summed E-state index contributed by atoms with van der Waals surface area (Å²) in [4.78, 5) is 29.2. The van der Waals surface area contributed by atoms with Crippen LogP contribution >= 0.6 is 11.5 Å². The first-order chi connectivity index (χ1) is 19.5. The van der Waals surface area contributed by atoms with E-state index in [1.807, 2.05) is 30.3 Å². The Bertz CT molecular complexity index is 1460. The van der Waals surface area contributed by atoms with E-state index in [4.69, 9.17) is 4.98 Å². The molecule has 41 heavy (non-hydrogen) atoms. The van der Waals surface area contributed by atoms with Gasteiger partial charge in [0.25, 0.3) is 0 Å². The van der Waals surface area contributed by atoms with Gasteiger partial charge in [0.1, 0.15) is 5.01 Å². The Kier molecular flexibility index (Phi) is 9.56. The number of halogens is 3. The molecule has 0 unspecified atom stereocenters. The molecular formula is C30H31F3N4O3S. The maximum atomic E-state index is 12.2. The summed E-state index contributed by atoms with van der Waals surface area (Å²) in [5.74, 6) is -2.28. The second kappa shape index (κ2) is 12.9. The minimum atomic E-state index is -5.18. The number of nitriles is 1. The number of carbonyl (C=O) groups excluding carboxylic acids is 2. The van der Waals surface area contributed by atoms with Gasteiger partial charge in [-0.3, -0.25) is 4.79 Å². The van der Waals surface area contributed by atoms with Crippen molar-refractivity contribution in [2.45, 2.75) is 58.5 Å². The Labute approximate surface area is 241 Å². The van der Waals surface area contributed by atoms with E-state index in [-0.39, 0.29) is 12.3 Å². The van der Waals surface area contributed by atoms with Gasteiger partial charge >= 0.3 is 18.1 Å². The third kappa shape index (κ3) is 7.37. The first-order valence-corrected chi connectivity index (χ1v) is 14.3. The molecular weight excluding hydrogens is 553 g/mol. The topological polar surface area (TPSA) is 96.2 Å². The summed E-state index contributed by atoms with van der Waals surface area (Å²) in [6.07, 6.45) is -3.51. The summed E-state index contributed by atoms with van der Waals surface area (Å²) in [7, 11) is 0. The summed E-state index contributed by atoms with van der Waals surface area (Å²) in [6, 6.07) is 14.3. The van der Waals surface area contributed by atoms with E-state index in [2.05, 4.69) is 46.9 Å². The van der Waals surface area contributed by atoms with Crippen molar-refractivity contribution in [3.63, 3.8) is 0 Å². The van der Waals surface area contributed by atoms with Gasteiger partial charge in [-0.2, -0.15) is 22.8 Å². The number of ether oxygens (including phenoxy) is 1. The van der Waals surface area contributed by atoms with Crippen LogP contribution in [0.5, 0.6) is 0 Å². The predicted octanol–water partition coefficient (Wildman–Crippen LogP) is 6.32. The van der Waals surface area contributed by atoms with Gasteiger partial charge in [-0.15, -0.1) is 0 Å². The quantitative estimate of drug-likeness (QED) is 0.203. The molecule has 11 heteroatoms. The van der Waals surface area contributed by atoms with Crippen LogP contribution in [0.4, 0.5) is 13.2 Å².